The highest BCUT2D eigenvalue weighted by atomic mass is 16.5. The lowest BCUT2D eigenvalue weighted by atomic mass is 10.1. The Morgan fingerprint density at radius 3 is 3.05 bits per heavy atom. The normalized spacial score (nSPS) is 35.1. The van der Waals surface area contributed by atoms with Crippen LogP contribution in [0.2, 0.25) is 0 Å². The summed E-state index contributed by atoms with van der Waals surface area (Å²) in [6.45, 7) is 6.31. The lowest BCUT2D eigenvalue weighted by molar-refractivity contribution is 0.0165. The monoisotopic (exact) mass is 268 g/mol. The minimum Gasteiger partial charge on any atom is -0.379 e. The Balaban J connectivity index is 1.21. The van der Waals surface area contributed by atoms with Crippen molar-refractivity contribution in [1.82, 2.24) is 10.2 Å². The molecule has 0 radical (unpaired) electrons. The van der Waals surface area contributed by atoms with Crippen molar-refractivity contribution in [1.29, 1.82) is 0 Å². The molecule has 3 aliphatic rings. The quantitative estimate of drug-likeness (QED) is 0.708. The molecule has 3 atom stereocenters. The molecule has 4 heteroatoms. The third kappa shape index (κ3) is 3.69. The van der Waals surface area contributed by atoms with Crippen LogP contribution in [0.5, 0.6) is 0 Å². The van der Waals surface area contributed by atoms with Crippen LogP contribution in [-0.4, -0.2) is 62.5 Å². The van der Waals surface area contributed by atoms with E-state index in [1.54, 1.807) is 0 Å². The van der Waals surface area contributed by atoms with Gasteiger partial charge in [0.1, 0.15) is 0 Å². The molecule has 3 rings (SSSR count). The molecule has 3 heterocycles. The van der Waals surface area contributed by atoms with Crippen molar-refractivity contribution in [3.63, 3.8) is 0 Å². The van der Waals surface area contributed by atoms with Crippen molar-refractivity contribution < 1.29 is 9.47 Å². The summed E-state index contributed by atoms with van der Waals surface area (Å²) in [6, 6.07) is 1.56. The molecule has 3 fully saturated rings. The predicted molar refractivity (Wildman–Crippen MR) is 75.4 cm³/mol. The maximum atomic E-state index is 5.69. The number of hydrogen-bond acceptors (Lipinski definition) is 4. The molecule has 3 unspecified atom stereocenters. The first kappa shape index (κ1) is 13.8. The highest BCUT2D eigenvalue weighted by molar-refractivity contribution is 4.95. The van der Waals surface area contributed by atoms with Crippen LogP contribution >= 0.6 is 0 Å². The fourth-order valence-electron chi connectivity index (χ4n) is 3.77. The summed E-state index contributed by atoms with van der Waals surface area (Å²) < 4.78 is 11.2. The molecule has 0 amide bonds. The largest absolute Gasteiger partial charge is 0.379 e. The zero-order valence-electron chi connectivity index (χ0n) is 12.0. The highest BCUT2D eigenvalue weighted by Gasteiger charge is 2.36. The molecule has 3 saturated heterocycles. The molecule has 0 aliphatic carbocycles. The van der Waals surface area contributed by atoms with Gasteiger partial charge < -0.3 is 14.8 Å². The summed E-state index contributed by atoms with van der Waals surface area (Å²) in [5, 5.41) is 3.73. The maximum absolute atomic E-state index is 5.69. The van der Waals surface area contributed by atoms with Gasteiger partial charge in [-0.15, -0.1) is 0 Å². The van der Waals surface area contributed by atoms with Gasteiger partial charge in [-0.1, -0.05) is 0 Å². The molecule has 0 aromatic carbocycles. The number of ether oxygens (including phenoxy) is 2. The van der Waals surface area contributed by atoms with E-state index in [0.29, 0.717) is 6.10 Å². The van der Waals surface area contributed by atoms with E-state index in [0.717, 1.165) is 44.9 Å². The Morgan fingerprint density at radius 2 is 2.16 bits per heavy atom. The lowest BCUT2D eigenvalue weighted by Crippen LogP contribution is -2.39. The van der Waals surface area contributed by atoms with E-state index < -0.39 is 0 Å². The standard InChI is InChI=1S/C15H28N2O2/c1-5-15-14(6-9-17(15)8-1)16-7-3-10-18-12-13-4-2-11-19-13/h13-16H,1-12H2. The second kappa shape index (κ2) is 7.02. The number of nitrogens with zero attached hydrogens (tertiary/aromatic N) is 1. The summed E-state index contributed by atoms with van der Waals surface area (Å²) in [4.78, 5) is 2.66. The Morgan fingerprint density at radius 1 is 1.16 bits per heavy atom. The second-order valence-electron chi connectivity index (χ2n) is 6.16. The molecule has 110 valence electrons. The molecule has 0 spiro atoms. The Labute approximate surface area is 116 Å². The number of hydrogen-bond donors (Lipinski definition) is 1. The van der Waals surface area contributed by atoms with Crippen molar-refractivity contribution in [3.05, 3.63) is 0 Å². The van der Waals surface area contributed by atoms with Crippen LogP contribution in [0.25, 0.3) is 0 Å². The number of rotatable bonds is 7. The summed E-state index contributed by atoms with van der Waals surface area (Å²) >= 11 is 0. The maximum Gasteiger partial charge on any atom is 0.0809 e. The Hall–Kier alpha value is -0.160. The van der Waals surface area contributed by atoms with Gasteiger partial charge in [-0.3, -0.25) is 4.90 Å². The molecule has 19 heavy (non-hydrogen) atoms. The lowest BCUT2D eigenvalue weighted by Gasteiger charge is -2.21. The van der Waals surface area contributed by atoms with E-state index in [9.17, 15) is 0 Å². The molecular formula is C15H28N2O2. The van der Waals surface area contributed by atoms with Gasteiger partial charge in [0.15, 0.2) is 0 Å². The van der Waals surface area contributed by atoms with Gasteiger partial charge >= 0.3 is 0 Å². The Bertz CT molecular complexity index is 269. The first-order valence-corrected chi connectivity index (χ1v) is 8.10. The molecule has 0 saturated carbocycles. The average Bonchev–Trinajstić information content (AvgIpc) is 3.12. The minimum atomic E-state index is 0.370. The van der Waals surface area contributed by atoms with Crippen LogP contribution in [0.15, 0.2) is 0 Å². The highest BCUT2D eigenvalue weighted by Crippen LogP contribution is 2.27. The molecule has 0 aromatic rings. The van der Waals surface area contributed by atoms with Crippen LogP contribution < -0.4 is 5.32 Å². The minimum absolute atomic E-state index is 0.370. The van der Waals surface area contributed by atoms with Crippen LogP contribution in [0.4, 0.5) is 0 Å². The summed E-state index contributed by atoms with van der Waals surface area (Å²) in [5.41, 5.74) is 0. The van der Waals surface area contributed by atoms with Crippen molar-refractivity contribution in [2.24, 2.45) is 0 Å². The van der Waals surface area contributed by atoms with Crippen LogP contribution in [0, 0.1) is 0 Å². The van der Waals surface area contributed by atoms with Gasteiger partial charge in [0, 0.05) is 31.8 Å². The predicted octanol–water partition coefficient (Wildman–Crippen LogP) is 1.40. The van der Waals surface area contributed by atoms with Crippen molar-refractivity contribution in [2.45, 2.75) is 56.7 Å². The number of nitrogens with one attached hydrogen (secondary N) is 1. The third-order valence-corrected chi connectivity index (χ3v) is 4.81. The van der Waals surface area contributed by atoms with E-state index in [1.165, 1.54) is 45.2 Å². The SMILES string of the molecule is C(CNC1CCN2CCCC12)COCC1CCCO1. The van der Waals surface area contributed by atoms with Gasteiger partial charge in [0.05, 0.1) is 12.7 Å². The van der Waals surface area contributed by atoms with E-state index in [1.807, 2.05) is 0 Å². The zero-order chi connectivity index (χ0) is 12.9. The fraction of sp³-hybridized carbons (Fsp3) is 1.00. The summed E-state index contributed by atoms with van der Waals surface area (Å²) in [7, 11) is 0. The second-order valence-corrected chi connectivity index (χ2v) is 6.16. The van der Waals surface area contributed by atoms with Gasteiger partial charge in [0.2, 0.25) is 0 Å². The summed E-state index contributed by atoms with van der Waals surface area (Å²) in [5.74, 6) is 0. The zero-order valence-corrected chi connectivity index (χ0v) is 12.0. The van der Waals surface area contributed by atoms with Gasteiger partial charge in [-0.05, 0) is 51.6 Å². The topological polar surface area (TPSA) is 33.7 Å². The van der Waals surface area contributed by atoms with Crippen molar-refractivity contribution in [2.75, 3.05) is 39.5 Å². The molecule has 0 bridgehead atoms. The van der Waals surface area contributed by atoms with Crippen molar-refractivity contribution in [3.8, 4) is 0 Å². The van der Waals surface area contributed by atoms with Gasteiger partial charge in [0.25, 0.3) is 0 Å². The van der Waals surface area contributed by atoms with E-state index in [4.69, 9.17) is 9.47 Å². The smallest absolute Gasteiger partial charge is 0.0809 e. The van der Waals surface area contributed by atoms with E-state index in [-0.39, 0.29) is 0 Å². The number of fused-ring (bicyclic) bond motifs is 1. The molecule has 0 aromatic heterocycles. The molecule has 3 aliphatic heterocycles. The first-order valence-electron chi connectivity index (χ1n) is 8.10. The van der Waals surface area contributed by atoms with Gasteiger partial charge in [-0.25, -0.2) is 0 Å². The Kier molecular flexibility index (Phi) is 5.10. The van der Waals surface area contributed by atoms with Gasteiger partial charge in [-0.2, -0.15) is 0 Å². The molecule has 1 N–H and O–H groups in total. The average molecular weight is 268 g/mol. The third-order valence-electron chi connectivity index (χ3n) is 4.81. The van der Waals surface area contributed by atoms with Crippen LogP contribution in [-0.2, 0) is 9.47 Å². The van der Waals surface area contributed by atoms with Crippen LogP contribution in [0.3, 0.4) is 0 Å². The fourth-order valence-corrected chi connectivity index (χ4v) is 3.77. The van der Waals surface area contributed by atoms with Crippen LogP contribution in [0.1, 0.15) is 38.5 Å². The van der Waals surface area contributed by atoms with Crippen molar-refractivity contribution >= 4 is 0 Å². The molecular weight excluding hydrogens is 240 g/mol. The molecule has 4 nitrogen and oxygen atoms in total. The summed E-state index contributed by atoms with van der Waals surface area (Å²) in [6.07, 6.45) is 8.00. The first-order chi connectivity index (χ1) is 9.43. The van der Waals surface area contributed by atoms with E-state index in [2.05, 4.69) is 10.2 Å². The van der Waals surface area contributed by atoms with E-state index >= 15 is 0 Å².